The second kappa shape index (κ2) is 9.09. The number of benzene rings is 3. The van der Waals surface area contributed by atoms with E-state index in [9.17, 15) is 4.79 Å². The largest absolute Gasteiger partial charge is 0.497 e. The van der Waals surface area contributed by atoms with Gasteiger partial charge in [-0.2, -0.15) is 0 Å². The van der Waals surface area contributed by atoms with Crippen LogP contribution in [0.3, 0.4) is 0 Å². The van der Waals surface area contributed by atoms with Crippen LogP contribution in [0.5, 0.6) is 11.5 Å². The van der Waals surface area contributed by atoms with Crippen LogP contribution >= 0.6 is 0 Å². The molecule has 0 unspecified atom stereocenters. The van der Waals surface area contributed by atoms with Crippen molar-refractivity contribution in [1.29, 1.82) is 0 Å². The molecule has 0 heterocycles. The number of amides is 1. The zero-order valence-electron chi connectivity index (χ0n) is 16.4. The number of carbonyl (C=O) groups is 1. The lowest BCUT2D eigenvalue weighted by Gasteiger charge is -2.23. The van der Waals surface area contributed by atoms with Gasteiger partial charge in [0.15, 0.2) is 6.10 Å². The van der Waals surface area contributed by atoms with E-state index in [-0.39, 0.29) is 11.9 Å². The Morgan fingerprint density at radius 3 is 2.18 bits per heavy atom. The van der Waals surface area contributed by atoms with Gasteiger partial charge in [-0.25, -0.2) is 0 Å². The van der Waals surface area contributed by atoms with Crippen molar-refractivity contribution in [1.82, 2.24) is 5.32 Å². The molecule has 28 heavy (non-hydrogen) atoms. The third-order valence-electron chi connectivity index (χ3n) is 4.54. The molecule has 0 saturated carbocycles. The van der Waals surface area contributed by atoms with Gasteiger partial charge in [0.05, 0.1) is 13.2 Å². The molecule has 4 nitrogen and oxygen atoms in total. The first-order valence-corrected chi connectivity index (χ1v) is 9.29. The summed E-state index contributed by atoms with van der Waals surface area (Å²) in [4.78, 5) is 12.9. The summed E-state index contributed by atoms with van der Waals surface area (Å²) in [6.45, 7) is 3.75. The summed E-state index contributed by atoms with van der Waals surface area (Å²) in [7, 11) is 1.63. The Hall–Kier alpha value is -3.27. The molecule has 0 saturated heterocycles. The van der Waals surface area contributed by atoms with Crippen molar-refractivity contribution in [3.8, 4) is 11.5 Å². The van der Waals surface area contributed by atoms with Crippen molar-refractivity contribution >= 4 is 5.91 Å². The third kappa shape index (κ3) is 4.92. The molecule has 0 aromatic heterocycles. The number of rotatable bonds is 7. The maximum absolute atomic E-state index is 12.9. The van der Waals surface area contributed by atoms with Crippen LogP contribution < -0.4 is 14.8 Å². The Morgan fingerprint density at radius 1 is 0.857 bits per heavy atom. The van der Waals surface area contributed by atoms with Gasteiger partial charge in [-0.15, -0.1) is 0 Å². The average Bonchev–Trinajstić information content (AvgIpc) is 2.72. The summed E-state index contributed by atoms with van der Waals surface area (Å²) >= 11 is 0. The molecule has 144 valence electrons. The first kappa shape index (κ1) is 19.5. The van der Waals surface area contributed by atoms with Gasteiger partial charge in [0, 0.05) is 0 Å². The predicted octanol–water partition coefficient (Wildman–Crippen LogP) is 4.68. The van der Waals surface area contributed by atoms with Crippen molar-refractivity contribution in [3.63, 3.8) is 0 Å². The van der Waals surface area contributed by atoms with Crippen molar-refractivity contribution in [2.75, 3.05) is 7.11 Å². The van der Waals surface area contributed by atoms with Crippen LogP contribution in [-0.4, -0.2) is 19.1 Å². The van der Waals surface area contributed by atoms with Crippen LogP contribution in [0.25, 0.3) is 0 Å². The predicted molar refractivity (Wildman–Crippen MR) is 111 cm³/mol. The van der Waals surface area contributed by atoms with Crippen molar-refractivity contribution < 1.29 is 14.3 Å². The molecule has 0 spiro atoms. The van der Waals surface area contributed by atoms with Crippen LogP contribution in [0.1, 0.15) is 29.7 Å². The second-order valence-corrected chi connectivity index (χ2v) is 6.70. The molecule has 1 amide bonds. The molecule has 3 rings (SSSR count). The average molecular weight is 375 g/mol. The molecule has 0 aliphatic carbocycles. The maximum atomic E-state index is 12.9. The molecule has 0 aliphatic rings. The van der Waals surface area contributed by atoms with E-state index in [2.05, 4.69) is 5.32 Å². The fourth-order valence-corrected chi connectivity index (χ4v) is 3.01. The highest BCUT2D eigenvalue weighted by molar-refractivity contribution is 5.81. The van der Waals surface area contributed by atoms with E-state index < -0.39 is 6.10 Å². The Kier molecular flexibility index (Phi) is 6.33. The summed E-state index contributed by atoms with van der Waals surface area (Å²) in [5.41, 5.74) is 3.07. The molecule has 3 aromatic rings. The zero-order chi connectivity index (χ0) is 19.9. The Bertz CT molecular complexity index is 907. The standard InChI is InChI=1S/C24H25NO3/c1-17-8-7-11-22(16-17)28-18(2)24(26)25-23(19-9-5-4-6-10-19)20-12-14-21(27-3)15-13-20/h4-16,18,23H,1-3H3,(H,25,26)/t18-,23+/m0/s1. The topological polar surface area (TPSA) is 47.6 Å². The Labute approximate surface area is 166 Å². The Balaban J connectivity index is 1.79. The van der Waals surface area contributed by atoms with Crippen molar-refractivity contribution in [2.45, 2.75) is 26.0 Å². The van der Waals surface area contributed by atoms with E-state index >= 15 is 0 Å². The number of hydrogen-bond donors (Lipinski definition) is 1. The minimum atomic E-state index is -0.619. The van der Waals surface area contributed by atoms with Crippen LogP contribution in [0.15, 0.2) is 78.9 Å². The molecule has 2 atom stereocenters. The van der Waals surface area contributed by atoms with Gasteiger partial charge in [0.1, 0.15) is 11.5 Å². The van der Waals surface area contributed by atoms with Gasteiger partial charge >= 0.3 is 0 Å². The molecular formula is C24H25NO3. The molecule has 0 aliphatic heterocycles. The highest BCUT2D eigenvalue weighted by atomic mass is 16.5. The molecule has 1 N–H and O–H groups in total. The zero-order valence-corrected chi connectivity index (χ0v) is 16.4. The molecule has 3 aromatic carbocycles. The van der Waals surface area contributed by atoms with Crippen molar-refractivity contribution in [3.05, 3.63) is 95.6 Å². The Morgan fingerprint density at radius 2 is 1.54 bits per heavy atom. The minimum absolute atomic E-state index is 0.175. The monoisotopic (exact) mass is 375 g/mol. The van der Waals surface area contributed by atoms with E-state index in [1.165, 1.54) is 0 Å². The molecule has 0 bridgehead atoms. The van der Waals surface area contributed by atoms with Crippen LogP contribution in [0, 0.1) is 6.92 Å². The lowest BCUT2D eigenvalue weighted by molar-refractivity contribution is -0.127. The second-order valence-electron chi connectivity index (χ2n) is 6.70. The molecule has 0 fully saturated rings. The van der Waals surface area contributed by atoms with Crippen LogP contribution in [0.4, 0.5) is 0 Å². The third-order valence-corrected chi connectivity index (χ3v) is 4.54. The molecule has 4 heteroatoms. The summed E-state index contributed by atoms with van der Waals surface area (Å²) in [5, 5.41) is 3.12. The number of methoxy groups -OCH3 is 1. The molecule has 0 radical (unpaired) electrons. The van der Waals surface area contributed by atoms with Gasteiger partial charge in [0.25, 0.3) is 5.91 Å². The molecular weight excluding hydrogens is 350 g/mol. The normalized spacial score (nSPS) is 12.7. The smallest absolute Gasteiger partial charge is 0.261 e. The SMILES string of the molecule is COc1ccc([C@H](NC(=O)[C@H](C)Oc2cccc(C)c2)c2ccccc2)cc1. The van der Waals surface area contributed by atoms with Crippen LogP contribution in [-0.2, 0) is 4.79 Å². The van der Waals surface area contributed by atoms with Gasteiger partial charge in [-0.3, -0.25) is 4.79 Å². The highest BCUT2D eigenvalue weighted by Crippen LogP contribution is 2.24. The number of hydrogen-bond acceptors (Lipinski definition) is 3. The van der Waals surface area contributed by atoms with Crippen LogP contribution in [0.2, 0.25) is 0 Å². The van der Waals surface area contributed by atoms with Gasteiger partial charge < -0.3 is 14.8 Å². The summed E-state index contributed by atoms with van der Waals surface area (Å²) in [6, 6.07) is 25.0. The quantitative estimate of drug-likeness (QED) is 0.652. The fourth-order valence-electron chi connectivity index (χ4n) is 3.01. The van der Waals surface area contributed by atoms with E-state index in [1.807, 2.05) is 85.8 Å². The van der Waals surface area contributed by atoms with Gasteiger partial charge in [-0.1, -0.05) is 54.6 Å². The fraction of sp³-hybridized carbons (Fsp3) is 0.208. The lowest BCUT2D eigenvalue weighted by atomic mass is 9.98. The van der Waals surface area contributed by atoms with Gasteiger partial charge in [0.2, 0.25) is 0 Å². The summed E-state index contributed by atoms with van der Waals surface area (Å²) in [6.07, 6.45) is -0.619. The number of aryl methyl sites for hydroxylation is 1. The maximum Gasteiger partial charge on any atom is 0.261 e. The van der Waals surface area contributed by atoms with E-state index in [0.29, 0.717) is 5.75 Å². The number of ether oxygens (including phenoxy) is 2. The highest BCUT2D eigenvalue weighted by Gasteiger charge is 2.21. The van der Waals surface area contributed by atoms with Gasteiger partial charge in [-0.05, 0) is 54.8 Å². The lowest BCUT2D eigenvalue weighted by Crippen LogP contribution is -2.39. The van der Waals surface area contributed by atoms with E-state index in [4.69, 9.17) is 9.47 Å². The first-order chi connectivity index (χ1) is 13.6. The van der Waals surface area contributed by atoms with E-state index in [1.54, 1.807) is 14.0 Å². The van der Waals surface area contributed by atoms with Crippen molar-refractivity contribution in [2.24, 2.45) is 0 Å². The summed E-state index contributed by atoms with van der Waals surface area (Å²) in [5.74, 6) is 1.28. The summed E-state index contributed by atoms with van der Waals surface area (Å²) < 4.78 is 11.1. The first-order valence-electron chi connectivity index (χ1n) is 9.29. The minimum Gasteiger partial charge on any atom is -0.497 e. The van der Waals surface area contributed by atoms with E-state index in [0.717, 1.165) is 22.4 Å². The number of carbonyl (C=O) groups excluding carboxylic acids is 1. The number of nitrogens with one attached hydrogen (secondary N) is 1.